The number of fused-ring (bicyclic) bond motifs is 1. The molecular formula is C20H14F2N4O4S. The fraction of sp³-hybridized carbons (Fsp3) is 0.100. The third-order valence-electron chi connectivity index (χ3n) is 4.32. The van der Waals surface area contributed by atoms with E-state index in [4.69, 9.17) is 0 Å². The second-order valence-corrected chi connectivity index (χ2v) is 7.19. The molecule has 0 aliphatic heterocycles. The predicted octanol–water partition coefficient (Wildman–Crippen LogP) is 3.05. The summed E-state index contributed by atoms with van der Waals surface area (Å²) in [6, 6.07) is 12.6. The van der Waals surface area contributed by atoms with Gasteiger partial charge >= 0.3 is 12.3 Å². The van der Waals surface area contributed by atoms with Gasteiger partial charge in [0.1, 0.15) is 12.3 Å². The first kappa shape index (κ1) is 20.4. The number of aromatic amines is 1. The second kappa shape index (κ2) is 8.48. The molecule has 2 heterocycles. The molecule has 4 aromatic rings. The Morgan fingerprint density at radius 3 is 2.71 bits per heavy atom. The van der Waals surface area contributed by atoms with Crippen molar-refractivity contribution in [2.75, 3.05) is 5.32 Å². The Bertz CT molecular complexity index is 1380. The maximum absolute atomic E-state index is 12.6. The van der Waals surface area contributed by atoms with E-state index in [1.807, 2.05) is 0 Å². The number of hydrogen-bond donors (Lipinski definition) is 2. The van der Waals surface area contributed by atoms with Gasteiger partial charge in [0, 0.05) is 10.9 Å². The van der Waals surface area contributed by atoms with Crippen molar-refractivity contribution in [3.8, 4) is 17.0 Å². The van der Waals surface area contributed by atoms with Crippen LogP contribution in [0.2, 0.25) is 0 Å². The quantitative estimate of drug-likeness (QED) is 0.476. The lowest BCUT2D eigenvalue weighted by Crippen LogP contribution is -2.38. The largest absolute Gasteiger partial charge is 0.434 e. The molecule has 1 amide bonds. The molecule has 4 rings (SSSR count). The van der Waals surface area contributed by atoms with Gasteiger partial charge < -0.3 is 15.0 Å². The summed E-state index contributed by atoms with van der Waals surface area (Å²) in [5.41, 5.74) is -0.258. The molecule has 0 saturated carbocycles. The van der Waals surface area contributed by atoms with Crippen molar-refractivity contribution in [1.29, 1.82) is 0 Å². The molecule has 2 N–H and O–H groups in total. The lowest BCUT2D eigenvalue weighted by atomic mass is 10.1. The van der Waals surface area contributed by atoms with Crippen LogP contribution in [0, 0.1) is 0 Å². The lowest BCUT2D eigenvalue weighted by molar-refractivity contribution is -0.116. The monoisotopic (exact) mass is 444 g/mol. The van der Waals surface area contributed by atoms with E-state index in [1.165, 1.54) is 6.07 Å². The van der Waals surface area contributed by atoms with E-state index >= 15 is 0 Å². The molecule has 158 valence electrons. The highest BCUT2D eigenvalue weighted by atomic mass is 32.1. The Balaban J connectivity index is 1.54. The van der Waals surface area contributed by atoms with Crippen molar-refractivity contribution in [3.63, 3.8) is 0 Å². The maximum atomic E-state index is 12.6. The Morgan fingerprint density at radius 2 is 1.90 bits per heavy atom. The van der Waals surface area contributed by atoms with Gasteiger partial charge in [-0.2, -0.15) is 8.78 Å². The summed E-state index contributed by atoms with van der Waals surface area (Å²) >= 11 is 1.06. The molecular weight excluding hydrogens is 430 g/mol. The molecule has 2 aromatic heterocycles. The van der Waals surface area contributed by atoms with Crippen molar-refractivity contribution in [3.05, 3.63) is 74.7 Å². The summed E-state index contributed by atoms with van der Waals surface area (Å²) < 4.78 is 30.5. The average Bonchev–Trinajstić information content (AvgIpc) is 3.19. The molecule has 8 nitrogen and oxygen atoms in total. The summed E-state index contributed by atoms with van der Waals surface area (Å²) in [5.74, 6) is -0.684. The van der Waals surface area contributed by atoms with Crippen LogP contribution in [0.15, 0.2) is 63.5 Å². The van der Waals surface area contributed by atoms with E-state index in [2.05, 4.69) is 20.0 Å². The van der Waals surface area contributed by atoms with E-state index < -0.39 is 30.3 Å². The second-order valence-electron chi connectivity index (χ2n) is 6.33. The molecule has 11 heteroatoms. The van der Waals surface area contributed by atoms with Gasteiger partial charge in [-0.05, 0) is 24.3 Å². The minimum Gasteiger partial charge on any atom is -0.434 e. The predicted molar refractivity (Wildman–Crippen MR) is 112 cm³/mol. The number of aromatic nitrogens is 3. The number of thiazole rings is 1. The fourth-order valence-corrected chi connectivity index (χ4v) is 3.70. The van der Waals surface area contributed by atoms with Crippen molar-refractivity contribution in [2.24, 2.45) is 0 Å². The minimum atomic E-state index is -2.99. The zero-order chi connectivity index (χ0) is 22.0. The first-order chi connectivity index (χ1) is 14.9. The van der Waals surface area contributed by atoms with Crippen LogP contribution in [0.25, 0.3) is 22.2 Å². The number of nitrogens with one attached hydrogen (secondary N) is 2. The Labute approximate surface area is 176 Å². The number of anilines is 1. The van der Waals surface area contributed by atoms with Crippen LogP contribution in [0.4, 0.5) is 13.9 Å². The van der Waals surface area contributed by atoms with E-state index in [0.29, 0.717) is 16.8 Å². The van der Waals surface area contributed by atoms with Crippen molar-refractivity contribution >= 4 is 33.3 Å². The SMILES string of the molecule is O=C(Cn1c(=O)[nH]c2ccccc2c1=O)Nc1nc(-c2ccccc2OC(F)F)cs1. The summed E-state index contributed by atoms with van der Waals surface area (Å²) in [6.07, 6.45) is 0. The highest BCUT2D eigenvalue weighted by molar-refractivity contribution is 7.14. The standard InChI is InChI=1S/C20H14F2N4O4S/c21-18(22)30-15-8-4-2-5-11(15)14-10-31-19(23-14)25-16(27)9-26-17(28)12-6-1-3-7-13(12)24-20(26)29/h1-8,10,18H,9H2,(H,24,29)(H,23,25,27). The smallest absolute Gasteiger partial charge is 0.387 e. The normalized spacial score (nSPS) is 11.1. The van der Waals surface area contributed by atoms with Crippen LogP contribution >= 0.6 is 11.3 Å². The number of halogens is 2. The molecule has 0 atom stereocenters. The third kappa shape index (κ3) is 4.36. The number of alkyl halides is 2. The number of carbonyl (C=O) groups excluding carboxylic acids is 1. The van der Waals surface area contributed by atoms with Gasteiger partial charge in [-0.1, -0.05) is 24.3 Å². The molecule has 2 aromatic carbocycles. The molecule has 0 radical (unpaired) electrons. The van der Waals surface area contributed by atoms with E-state index in [-0.39, 0.29) is 16.3 Å². The Kier molecular flexibility index (Phi) is 5.58. The van der Waals surface area contributed by atoms with E-state index in [0.717, 1.165) is 15.9 Å². The Hall–Kier alpha value is -3.86. The van der Waals surface area contributed by atoms with Gasteiger partial charge in [0.2, 0.25) is 5.91 Å². The number of benzene rings is 2. The number of para-hydroxylation sites is 2. The minimum absolute atomic E-state index is 0.0464. The topological polar surface area (TPSA) is 106 Å². The first-order valence-corrected chi connectivity index (χ1v) is 9.82. The third-order valence-corrected chi connectivity index (χ3v) is 5.08. The molecule has 0 aliphatic carbocycles. The molecule has 0 unspecified atom stereocenters. The molecule has 31 heavy (non-hydrogen) atoms. The summed E-state index contributed by atoms with van der Waals surface area (Å²) in [4.78, 5) is 43.9. The van der Waals surface area contributed by atoms with Gasteiger partial charge in [0.15, 0.2) is 5.13 Å². The van der Waals surface area contributed by atoms with Gasteiger partial charge in [0.25, 0.3) is 5.56 Å². The molecule has 0 bridgehead atoms. The van der Waals surface area contributed by atoms with Crippen LogP contribution in [0.5, 0.6) is 5.75 Å². The maximum Gasteiger partial charge on any atom is 0.387 e. The number of carbonyl (C=O) groups is 1. The number of nitrogens with zero attached hydrogens (tertiary/aromatic N) is 2. The van der Waals surface area contributed by atoms with Gasteiger partial charge in [-0.3, -0.25) is 14.2 Å². The highest BCUT2D eigenvalue weighted by Gasteiger charge is 2.16. The average molecular weight is 444 g/mol. The number of H-pyrrole nitrogens is 1. The van der Waals surface area contributed by atoms with Crippen LogP contribution in [0.3, 0.4) is 0 Å². The molecule has 0 saturated heterocycles. The van der Waals surface area contributed by atoms with E-state index in [1.54, 1.807) is 47.8 Å². The number of hydrogen-bond acceptors (Lipinski definition) is 6. The zero-order valence-corrected chi connectivity index (χ0v) is 16.5. The molecule has 0 spiro atoms. The van der Waals surface area contributed by atoms with E-state index in [9.17, 15) is 23.2 Å². The number of amides is 1. The van der Waals surface area contributed by atoms with Gasteiger partial charge in [-0.25, -0.2) is 9.78 Å². The summed E-state index contributed by atoms with van der Waals surface area (Å²) in [7, 11) is 0. The van der Waals surface area contributed by atoms with Crippen LogP contribution in [0.1, 0.15) is 0 Å². The summed E-state index contributed by atoms with van der Waals surface area (Å²) in [6.45, 7) is -3.50. The van der Waals surface area contributed by atoms with Crippen LogP contribution in [-0.2, 0) is 11.3 Å². The number of rotatable bonds is 6. The van der Waals surface area contributed by atoms with Gasteiger partial charge in [-0.15, -0.1) is 11.3 Å². The molecule has 0 aliphatic rings. The van der Waals surface area contributed by atoms with Crippen molar-refractivity contribution in [2.45, 2.75) is 13.2 Å². The van der Waals surface area contributed by atoms with Gasteiger partial charge in [0.05, 0.1) is 16.6 Å². The zero-order valence-electron chi connectivity index (χ0n) is 15.7. The first-order valence-electron chi connectivity index (χ1n) is 8.94. The lowest BCUT2D eigenvalue weighted by Gasteiger charge is -2.08. The Morgan fingerprint density at radius 1 is 1.16 bits per heavy atom. The molecule has 0 fully saturated rings. The highest BCUT2D eigenvalue weighted by Crippen LogP contribution is 2.32. The number of ether oxygens (including phenoxy) is 1. The van der Waals surface area contributed by atoms with Crippen molar-refractivity contribution in [1.82, 2.24) is 14.5 Å². The fourth-order valence-electron chi connectivity index (χ4n) is 2.98. The summed E-state index contributed by atoms with van der Waals surface area (Å²) in [5, 5.41) is 4.54. The van der Waals surface area contributed by atoms with Crippen molar-refractivity contribution < 1.29 is 18.3 Å². The van der Waals surface area contributed by atoms with Crippen LogP contribution < -0.4 is 21.3 Å². The van der Waals surface area contributed by atoms with Crippen LogP contribution in [-0.4, -0.2) is 27.1 Å².